The molecule has 1 atom stereocenters. The predicted molar refractivity (Wildman–Crippen MR) is 92.4 cm³/mol. The van der Waals surface area contributed by atoms with Gasteiger partial charge in [0, 0.05) is 18.0 Å². The van der Waals surface area contributed by atoms with Gasteiger partial charge in [0.05, 0.1) is 6.04 Å². The number of hydrogen-bond acceptors (Lipinski definition) is 2. The zero-order valence-electron chi connectivity index (χ0n) is 13.7. The molecule has 0 bridgehead atoms. The van der Waals surface area contributed by atoms with E-state index in [9.17, 15) is 4.79 Å². The lowest BCUT2D eigenvalue weighted by Gasteiger charge is -2.22. The number of pyridine rings is 1. The normalized spacial score (nSPS) is 16.7. The van der Waals surface area contributed by atoms with Crippen LogP contribution in [0.1, 0.15) is 72.5 Å². The highest BCUT2D eigenvalue weighted by molar-refractivity contribution is 5.94. The van der Waals surface area contributed by atoms with Crippen molar-refractivity contribution in [2.24, 2.45) is 0 Å². The summed E-state index contributed by atoms with van der Waals surface area (Å²) in [6.07, 6.45) is 10.1. The van der Waals surface area contributed by atoms with Gasteiger partial charge in [-0.25, -0.2) is 0 Å². The third kappa shape index (κ3) is 3.98. The second-order valence-electron chi connectivity index (χ2n) is 6.44. The van der Waals surface area contributed by atoms with Crippen LogP contribution in [-0.2, 0) is 0 Å². The van der Waals surface area contributed by atoms with Crippen molar-refractivity contribution in [1.82, 2.24) is 10.3 Å². The Morgan fingerprint density at radius 3 is 2.52 bits per heavy atom. The second kappa shape index (κ2) is 7.40. The topological polar surface area (TPSA) is 42.0 Å². The van der Waals surface area contributed by atoms with E-state index in [0.29, 0.717) is 5.92 Å². The van der Waals surface area contributed by atoms with Crippen molar-refractivity contribution in [2.75, 3.05) is 0 Å². The Labute approximate surface area is 138 Å². The molecule has 1 aromatic carbocycles. The van der Waals surface area contributed by atoms with Crippen molar-refractivity contribution in [3.05, 3.63) is 65.5 Å². The molecule has 0 saturated heterocycles. The highest BCUT2D eigenvalue weighted by Crippen LogP contribution is 2.32. The molecule has 1 saturated carbocycles. The first-order valence-electron chi connectivity index (χ1n) is 8.55. The minimum Gasteiger partial charge on any atom is -0.345 e. The second-order valence-corrected chi connectivity index (χ2v) is 6.44. The third-order valence-corrected chi connectivity index (χ3v) is 4.78. The van der Waals surface area contributed by atoms with Crippen molar-refractivity contribution in [2.45, 2.75) is 51.0 Å². The Morgan fingerprint density at radius 1 is 1.13 bits per heavy atom. The summed E-state index contributed by atoms with van der Waals surface area (Å²) in [7, 11) is 0. The summed E-state index contributed by atoms with van der Waals surface area (Å²) in [4.78, 5) is 16.5. The number of nitrogens with zero attached hydrogens (tertiary/aromatic N) is 1. The van der Waals surface area contributed by atoms with Gasteiger partial charge in [-0.05, 0) is 55.0 Å². The molecular weight excluding hydrogens is 284 g/mol. The summed E-state index contributed by atoms with van der Waals surface area (Å²) < 4.78 is 0. The maximum absolute atomic E-state index is 12.4. The van der Waals surface area contributed by atoms with Crippen molar-refractivity contribution < 1.29 is 4.79 Å². The largest absolute Gasteiger partial charge is 0.345 e. The van der Waals surface area contributed by atoms with Crippen LogP contribution in [0.2, 0.25) is 0 Å². The van der Waals surface area contributed by atoms with Crippen molar-refractivity contribution in [3.63, 3.8) is 0 Å². The van der Waals surface area contributed by atoms with Crippen LogP contribution in [0.3, 0.4) is 0 Å². The number of hydrogen-bond donors (Lipinski definition) is 1. The summed E-state index contributed by atoms with van der Waals surface area (Å²) in [6.45, 7) is 1.98. The lowest BCUT2D eigenvalue weighted by Crippen LogP contribution is -2.26. The van der Waals surface area contributed by atoms with Crippen LogP contribution in [0.5, 0.6) is 0 Å². The van der Waals surface area contributed by atoms with E-state index in [1.165, 1.54) is 37.7 Å². The number of rotatable bonds is 4. The van der Waals surface area contributed by atoms with Crippen molar-refractivity contribution in [1.29, 1.82) is 0 Å². The predicted octanol–water partition coefficient (Wildman–Crippen LogP) is 4.62. The van der Waals surface area contributed by atoms with E-state index in [1.807, 2.05) is 31.2 Å². The lowest BCUT2D eigenvalue weighted by molar-refractivity contribution is 0.0940. The fraction of sp³-hybridized carbons (Fsp3) is 0.400. The summed E-state index contributed by atoms with van der Waals surface area (Å²) in [6, 6.07) is 12.0. The number of carbonyl (C=O) groups is 1. The van der Waals surface area contributed by atoms with Crippen LogP contribution >= 0.6 is 0 Å². The van der Waals surface area contributed by atoms with Gasteiger partial charge in [0.2, 0.25) is 0 Å². The van der Waals surface area contributed by atoms with E-state index in [-0.39, 0.29) is 11.9 Å². The third-order valence-electron chi connectivity index (χ3n) is 4.78. The van der Waals surface area contributed by atoms with Gasteiger partial charge < -0.3 is 5.32 Å². The molecule has 1 fully saturated rings. The number of nitrogens with one attached hydrogen (secondary N) is 1. The highest BCUT2D eigenvalue weighted by atomic mass is 16.1. The molecule has 1 unspecified atom stereocenters. The molecule has 1 aliphatic carbocycles. The van der Waals surface area contributed by atoms with E-state index in [4.69, 9.17) is 0 Å². The van der Waals surface area contributed by atoms with E-state index in [0.717, 1.165) is 11.1 Å². The molecule has 1 aromatic heterocycles. The average molecular weight is 308 g/mol. The smallest absolute Gasteiger partial charge is 0.251 e. The van der Waals surface area contributed by atoms with Gasteiger partial charge in [-0.1, -0.05) is 37.5 Å². The fourth-order valence-electron chi connectivity index (χ4n) is 3.34. The Kier molecular flexibility index (Phi) is 5.06. The van der Waals surface area contributed by atoms with E-state index in [1.54, 1.807) is 12.4 Å². The molecule has 0 spiro atoms. The van der Waals surface area contributed by atoms with Crippen LogP contribution in [0, 0.1) is 0 Å². The zero-order valence-corrected chi connectivity index (χ0v) is 13.7. The molecule has 0 aliphatic heterocycles. The summed E-state index contributed by atoms with van der Waals surface area (Å²) in [5.74, 6) is 0.645. The molecule has 3 heteroatoms. The molecule has 1 heterocycles. The molecule has 2 aromatic rings. The fourth-order valence-corrected chi connectivity index (χ4v) is 3.34. The van der Waals surface area contributed by atoms with Gasteiger partial charge in [0.25, 0.3) is 5.91 Å². The molecule has 3 nitrogen and oxygen atoms in total. The first-order valence-corrected chi connectivity index (χ1v) is 8.55. The van der Waals surface area contributed by atoms with Crippen LogP contribution in [0.25, 0.3) is 0 Å². The maximum Gasteiger partial charge on any atom is 0.251 e. The average Bonchev–Trinajstić information content (AvgIpc) is 2.63. The Bertz CT molecular complexity index is 630. The molecule has 23 heavy (non-hydrogen) atoms. The van der Waals surface area contributed by atoms with Crippen molar-refractivity contribution in [3.8, 4) is 0 Å². The summed E-state index contributed by atoms with van der Waals surface area (Å²) in [5, 5.41) is 3.03. The zero-order chi connectivity index (χ0) is 16.1. The highest BCUT2D eigenvalue weighted by Gasteiger charge is 2.16. The Balaban J connectivity index is 1.63. The van der Waals surface area contributed by atoms with Gasteiger partial charge in [-0.2, -0.15) is 0 Å². The molecule has 1 aliphatic rings. The van der Waals surface area contributed by atoms with Crippen LogP contribution in [0.15, 0.2) is 48.8 Å². The minimum atomic E-state index is -0.0470. The van der Waals surface area contributed by atoms with Gasteiger partial charge in [-0.3, -0.25) is 9.78 Å². The first-order chi connectivity index (χ1) is 11.2. The number of amides is 1. The Hall–Kier alpha value is -2.16. The molecule has 120 valence electrons. The molecule has 1 N–H and O–H groups in total. The van der Waals surface area contributed by atoms with E-state index < -0.39 is 0 Å². The van der Waals surface area contributed by atoms with Gasteiger partial charge in [0.15, 0.2) is 0 Å². The molecule has 3 rings (SSSR count). The Morgan fingerprint density at radius 2 is 1.87 bits per heavy atom. The maximum atomic E-state index is 12.4. The quantitative estimate of drug-likeness (QED) is 0.895. The van der Waals surface area contributed by atoms with Gasteiger partial charge >= 0.3 is 0 Å². The molecule has 0 radical (unpaired) electrons. The number of aromatic nitrogens is 1. The van der Waals surface area contributed by atoms with Crippen LogP contribution in [-0.4, -0.2) is 10.9 Å². The van der Waals surface area contributed by atoms with Crippen LogP contribution < -0.4 is 5.32 Å². The summed E-state index contributed by atoms with van der Waals surface area (Å²) >= 11 is 0. The van der Waals surface area contributed by atoms with Gasteiger partial charge in [-0.15, -0.1) is 0 Å². The van der Waals surface area contributed by atoms with Crippen molar-refractivity contribution >= 4 is 5.91 Å². The van der Waals surface area contributed by atoms with E-state index in [2.05, 4.69) is 22.4 Å². The van der Waals surface area contributed by atoms with Gasteiger partial charge in [0.1, 0.15) is 0 Å². The van der Waals surface area contributed by atoms with Crippen LogP contribution in [0.4, 0.5) is 0 Å². The first kappa shape index (κ1) is 15.7. The number of benzene rings is 1. The standard InChI is InChI=1S/C20H24N2O/c1-15(19-8-5-13-21-14-19)22-20(23)18-11-9-17(10-12-18)16-6-3-2-4-7-16/h5,8-16H,2-4,6-7H2,1H3,(H,22,23). The minimum absolute atomic E-state index is 0.0310. The summed E-state index contributed by atoms with van der Waals surface area (Å²) in [5.41, 5.74) is 3.11. The molecular formula is C20H24N2O. The SMILES string of the molecule is CC(NC(=O)c1ccc(C2CCCCC2)cc1)c1cccnc1. The monoisotopic (exact) mass is 308 g/mol. The molecule has 1 amide bonds. The lowest BCUT2D eigenvalue weighted by atomic mass is 9.84. The number of carbonyl (C=O) groups excluding carboxylic acids is 1. The van der Waals surface area contributed by atoms with E-state index >= 15 is 0 Å².